The molecule has 1 N–H and O–H groups in total. The fourth-order valence-corrected chi connectivity index (χ4v) is 5.24. The smallest absolute Gasteiger partial charge is 0.187 e. The molecule has 0 radical (unpaired) electrons. The number of methoxy groups -OCH3 is 1. The molecule has 0 saturated carbocycles. The van der Waals surface area contributed by atoms with Crippen molar-refractivity contribution in [3.8, 4) is 11.4 Å². The summed E-state index contributed by atoms with van der Waals surface area (Å²) in [6, 6.07) is 16.7. The van der Waals surface area contributed by atoms with E-state index in [1.807, 2.05) is 22.8 Å². The normalized spacial score (nSPS) is 15.6. The number of anilines is 2. The summed E-state index contributed by atoms with van der Waals surface area (Å²) < 4.78 is 7.44. The Morgan fingerprint density at radius 1 is 1.20 bits per heavy atom. The van der Waals surface area contributed by atoms with Crippen LogP contribution in [0.4, 0.5) is 10.8 Å². The molecule has 152 valence electrons. The van der Waals surface area contributed by atoms with Gasteiger partial charge in [0.05, 0.1) is 18.5 Å². The standard InChI is InChI=1S/C23H21ClN4OS/c1-29-19-12-16(10-11-18(19)28-13-21(24)25-14-28)26-23-27-22-17(8-5-9-20(22)30-23)15-6-3-2-4-7-15/h2-4,6-7,10-14,17H,5,8-9H2,1H3,(H,26,27). The first-order valence-corrected chi connectivity index (χ1v) is 11.1. The molecule has 0 saturated heterocycles. The molecule has 0 fully saturated rings. The second-order valence-electron chi connectivity index (χ2n) is 7.30. The van der Waals surface area contributed by atoms with E-state index >= 15 is 0 Å². The van der Waals surface area contributed by atoms with Gasteiger partial charge in [0, 0.05) is 28.7 Å². The summed E-state index contributed by atoms with van der Waals surface area (Å²) in [6.45, 7) is 0. The first-order valence-electron chi connectivity index (χ1n) is 9.91. The Morgan fingerprint density at radius 2 is 2.07 bits per heavy atom. The summed E-state index contributed by atoms with van der Waals surface area (Å²) in [7, 11) is 1.66. The highest BCUT2D eigenvalue weighted by Crippen LogP contribution is 2.41. The zero-order chi connectivity index (χ0) is 20.5. The third kappa shape index (κ3) is 3.68. The highest BCUT2D eigenvalue weighted by molar-refractivity contribution is 7.15. The van der Waals surface area contributed by atoms with Gasteiger partial charge in [0.25, 0.3) is 0 Å². The molecule has 2 aromatic carbocycles. The summed E-state index contributed by atoms with van der Waals surface area (Å²) >= 11 is 7.71. The van der Waals surface area contributed by atoms with Crippen LogP contribution in [0.2, 0.25) is 5.15 Å². The number of aryl methyl sites for hydroxylation is 1. The maximum Gasteiger partial charge on any atom is 0.187 e. The van der Waals surface area contributed by atoms with Crippen LogP contribution in [0.25, 0.3) is 5.69 Å². The molecule has 5 rings (SSSR count). The lowest BCUT2D eigenvalue weighted by Gasteiger charge is -2.21. The number of thiazole rings is 1. The molecule has 4 aromatic rings. The predicted molar refractivity (Wildman–Crippen MR) is 122 cm³/mol. The van der Waals surface area contributed by atoms with E-state index in [-0.39, 0.29) is 0 Å². The number of nitrogens with zero attached hydrogens (tertiary/aromatic N) is 3. The van der Waals surface area contributed by atoms with E-state index in [0.29, 0.717) is 11.1 Å². The van der Waals surface area contributed by atoms with Crippen molar-refractivity contribution in [2.75, 3.05) is 12.4 Å². The molecule has 0 aliphatic heterocycles. The molecule has 0 amide bonds. The van der Waals surface area contributed by atoms with Crippen LogP contribution in [0.1, 0.15) is 34.9 Å². The second-order valence-corrected chi connectivity index (χ2v) is 8.77. The highest BCUT2D eigenvalue weighted by atomic mass is 35.5. The topological polar surface area (TPSA) is 52.0 Å². The Morgan fingerprint density at radius 3 is 2.83 bits per heavy atom. The Hall–Kier alpha value is -2.83. The average molecular weight is 437 g/mol. The van der Waals surface area contributed by atoms with E-state index < -0.39 is 0 Å². The zero-order valence-corrected chi connectivity index (χ0v) is 18.1. The Kier molecular flexibility index (Phi) is 5.19. The number of ether oxygens (including phenoxy) is 1. The molecule has 2 aromatic heterocycles. The first-order chi connectivity index (χ1) is 14.7. The van der Waals surface area contributed by atoms with E-state index in [9.17, 15) is 0 Å². The van der Waals surface area contributed by atoms with Crippen molar-refractivity contribution in [2.24, 2.45) is 0 Å². The van der Waals surface area contributed by atoms with Gasteiger partial charge >= 0.3 is 0 Å². The lowest BCUT2D eigenvalue weighted by atomic mass is 9.85. The minimum atomic E-state index is 0.379. The number of aromatic nitrogens is 3. The van der Waals surface area contributed by atoms with E-state index in [4.69, 9.17) is 21.3 Å². The average Bonchev–Trinajstić information content (AvgIpc) is 3.39. The third-order valence-electron chi connectivity index (χ3n) is 5.42. The Bertz CT molecular complexity index is 1170. The van der Waals surface area contributed by atoms with Gasteiger partial charge in [-0.2, -0.15) is 0 Å². The van der Waals surface area contributed by atoms with E-state index in [2.05, 4.69) is 40.6 Å². The van der Waals surface area contributed by atoms with Crippen molar-refractivity contribution >= 4 is 33.8 Å². The molecular formula is C23H21ClN4OS. The Labute approximate surface area is 184 Å². The summed E-state index contributed by atoms with van der Waals surface area (Å²) in [6.07, 6.45) is 6.87. The van der Waals surface area contributed by atoms with Crippen molar-refractivity contribution in [1.29, 1.82) is 0 Å². The number of hydrogen-bond acceptors (Lipinski definition) is 5. The molecule has 2 heterocycles. The zero-order valence-electron chi connectivity index (χ0n) is 16.5. The second kappa shape index (κ2) is 8.13. The third-order valence-corrected chi connectivity index (χ3v) is 6.66. The summed E-state index contributed by atoms with van der Waals surface area (Å²) in [5.41, 5.74) is 4.38. The van der Waals surface area contributed by atoms with Gasteiger partial charge in [0.15, 0.2) is 5.13 Å². The van der Waals surface area contributed by atoms with Gasteiger partial charge < -0.3 is 14.6 Å². The molecule has 1 aliphatic carbocycles. The molecular weight excluding hydrogens is 416 g/mol. The van der Waals surface area contributed by atoms with Crippen LogP contribution in [0.5, 0.6) is 5.75 Å². The number of rotatable bonds is 5. The van der Waals surface area contributed by atoms with E-state index in [1.165, 1.54) is 22.6 Å². The monoisotopic (exact) mass is 436 g/mol. The fraction of sp³-hybridized carbons (Fsp3) is 0.217. The maximum atomic E-state index is 5.96. The number of nitrogens with one attached hydrogen (secondary N) is 1. The maximum absolute atomic E-state index is 5.96. The summed E-state index contributed by atoms with van der Waals surface area (Å²) in [5.74, 6) is 1.11. The highest BCUT2D eigenvalue weighted by Gasteiger charge is 2.26. The number of fused-ring (bicyclic) bond motifs is 1. The van der Waals surface area contributed by atoms with Crippen LogP contribution in [0, 0.1) is 0 Å². The molecule has 30 heavy (non-hydrogen) atoms. The van der Waals surface area contributed by atoms with Gasteiger partial charge in [-0.25, -0.2) is 9.97 Å². The van der Waals surface area contributed by atoms with Gasteiger partial charge in [0.1, 0.15) is 17.2 Å². The van der Waals surface area contributed by atoms with Gasteiger partial charge in [-0.15, -0.1) is 11.3 Å². The predicted octanol–water partition coefficient (Wildman–Crippen LogP) is 6.20. The van der Waals surface area contributed by atoms with Crippen molar-refractivity contribution < 1.29 is 4.74 Å². The molecule has 0 spiro atoms. The number of hydrogen-bond donors (Lipinski definition) is 1. The minimum Gasteiger partial charge on any atom is -0.494 e. The van der Waals surface area contributed by atoms with Crippen molar-refractivity contribution in [1.82, 2.24) is 14.5 Å². The van der Waals surface area contributed by atoms with Crippen LogP contribution < -0.4 is 10.1 Å². The summed E-state index contributed by atoms with van der Waals surface area (Å²) in [5, 5.41) is 4.83. The quantitative estimate of drug-likeness (QED) is 0.404. The molecule has 5 nitrogen and oxygen atoms in total. The summed E-state index contributed by atoms with van der Waals surface area (Å²) in [4.78, 5) is 10.4. The van der Waals surface area contributed by atoms with Crippen LogP contribution in [0.3, 0.4) is 0 Å². The molecule has 1 atom stereocenters. The van der Waals surface area contributed by atoms with Crippen LogP contribution >= 0.6 is 22.9 Å². The van der Waals surface area contributed by atoms with E-state index in [0.717, 1.165) is 35.1 Å². The van der Waals surface area contributed by atoms with Crippen LogP contribution in [0.15, 0.2) is 61.1 Å². The number of halogens is 1. The molecule has 1 aliphatic rings. The number of imidazole rings is 1. The molecule has 0 bridgehead atoms. The van der Waals surface area contributed by atoms with Crippen LogP contribution in [-0.4, -0.2) is 21.6 Å². The Balaban J connectivity index is 1.42. The molecule has 7 heteroatoms. The van der Waals surface area contributed by atoms with Gasteiger partial charge in [0.2, 0.25) is 0 Å². The van der Waals surface area contributed by atoms with Crippen molar-refractivity contribution in [3.63, 3.8) is 0 Å². The van der Waals surface area contributed by atoms with Gasteiger partial charge in [-0.1, -0.05) is 41.9 Å². The van der Waals surface area contributed by atoms with Gasteiger partial charge in [-0.3, -0.25) is 0 Å². The number of benzene rings is 2. The van der Waals surface area contributed by atoms with E-state index in [1.54, 1.807) is 31.0 Å². The lowest BCUT2D eigenvalue weighted by Crippen LogP contribution is -2.09. The lowest BCUT2D eigenvalue weighted by molar-refractivity contribution is 0.413. The largest absolute Gasteiger partial charge is 0.494 e. The first kappa shape index (κ1) is 19.2. The fourth-order valence-electron chi connectivity index (χ4n) is 4.00. The van der Waals surface area contributed by atoms with Crippen molar-refractivity contribution in [2.45, 2.75) is 25.2 Å². The molecule has 1 unspecified atom stereocenters. The SMILES string of the molecule is COc1cc(Nc2nc3c(s2)CCCC3c2ccccc2)ccc1-n1cnc(Cl)c1. The minimum absolute atomic E-state index is 0.379. The van der Waals surface area contributed by atoms with Gasteiger partial charge in [-0.05, 0) is 37.0 Å². The van der Waals surface area contributed by atoms with Crippen molar-refractivity contribution in [3.05, 3.63) is 82.3 Å². The van der Waals surface area contributed by atoms with Crippen LogP contribution in [-0.2, 0) is 6.42 Å².